The van der Waals surface area contributed by atoms with Crippen molar-refractivity contribution in [3.05, 3.63) is 41.5 Å². The Kier molecular flexibility index (Phi) is 10.8. The Morgan fingerprint density at radius 1 is 1.00 bits per heavy atom. The van der Waals surface area contributed by atoms with Crippen LogP contribution in [0.4, 0.5) is 0 Å². The summed E-state index contributed by atoms with van der Waals surface area (Å²) in [7, 11) is 1.52. The van der Waals surface area contributed by atoms with Gasteiger partial charge in [0.05, 0.1) is 7.11 Å². The maximum absolute atomic E-state index is 12.9. The van der Waals surface area contributed by atoms with E-state index in [4.69, 9.17) is 14.2 Å². The fraction of sp³-hybridized carbons (Fsp3) is 0.707. The second kappa shape index (κ2) is 14.3. The zero-order valence-corrected chi connectivity index (χ0v) is 29.9. The number of carbonyl (C=O) groups is 2. The molecule has 9 atom stereocenters. The third-order valence-electron chi connectivity index (χ3n) is 13.4. The van der Waals surface area contributed by atoms with Gasteiger partial charge in [-0.15, -0.1) is 0 Å². The van der Waals surface area contributed by atoms with Crippen molar-refractivity contribution in [2.75, 3.05) is 7.11 Å². The van der Waals surface area contributed by atoms with Crippen molar-refractivity contribution in [1.82, 2.24) is 0 Å². The molecule has 4 aliphatic carbocycles. The standard InChI is InChI=1S/C41H60O5/c1-9-30(26(2)3)13-10-27(4)34-16-17-35-33-15-14-31-25-32(20-22-40(31,6)36(33)21-23-41(34,35)7)46-39(43)19-12-29-11-18-37(45-28(5)42)38(24-29)44-8/h11-12,14,18-19,24,26-27,30,32-36H,9-10,13,15-17,20-23,25H2,1-8H3/b19-12+/t27-,30-,32+,33+,34-,35+,36+,40+,41-/m1/s1. The molecule has 254 valence electrons. The fourth-order valence-corrected chi connectivity index (χ4v) is 10.8. The Labute approximate surface area is 278 Å². The second-order valence-electron chi connectivity index (χ2n) is 16.1. The molecule has 5 heteroatoms. The van der Waals surface area contributed by atoms with Crippen LogP contribution in [0.5, 0.6) is 11.5 Å². The molecule has 0 amide bonds. The molecular weight excluding hydrogens is 572 g/mol. The number of ether oxygens (including phenoxy) is 3. The van der Waals surface area contributed by atoms with Crippen LogP contribution in [0.1, 0.15) is 125 Å². The highest BCUT2D eigenvalue weighted by molar-refractivity contribution is 5.87. The van der Waals surface area contributed by atoms with E-state index in [1.54, 1.807) is 29.8 Å². The van der Waals surface area contributed by atoms with Crippen molar-refractivity contribution in [2.24, 2.45) is 52.3 Å². The Balaban J connectivity index is 1.19. The van der Waals surface area contributed by atoms with Crippen molar-refractivity contribution in [3.8, 4) is 11.5 Å². The van der Waals surface area contributed by atoms with E-state index in [1.165, 1.54) is 71.5 Å². The van der Waals surface area contributed by atoms with Gasteiger partial charge in [-0.25, -0.2) is 4.79 Å². The first kappa shape index (κ1) is 34.8. The van der Waals surface area contributed by atoms with Gasteiger partial charge in [-0.05, 0) is 127 Å². The number of fused-ring (bicyclic) bond motifs is 5. The quantitative estimate of drug-likeness (QED) is 0.105. The van der Waals surface area contributed by atoms with Gasteiger partial charge in [0.1, 0.15) is 6.10 Å². The van der Waals surface area contributed by atoms with Crippen LogP contribution in [0.3, 0.4) is 0 Å². The number of esters is 2. The van der Waals surface area contributed by atoms with Gasteiger partial charge in [0.2, 0.25) is 0 Å². The molecule has 46 heavy (non-hydrogen) atoms. The van der Waals surface area contributed by atoms with Crippen molar-refractivity contribution >= 4 is 18.0 Å². The molecule has 0 aliphatic heterocycles. The van der Waals surface area contributed by atoms with E-state index in [-0.39, 0.29) is 17.5 Å². The summed E-state index contributed by atoms with van der Waals surface area (Å²) in [5.74, 6) is 5.84. The molecule has 1 aromatic carbocycles. The largest absolute Gasteiger partial charge is 0.493 e. The summed E-state index contributed by atoms with van der Waals surface area (Å²) in [5, 5.41) is 0. The molecule has 3 fully saturated rings. The van der Waals surface area contributed by atoms with E-state index in [9.17, 15) is 9.59 Å². The summed E-state index contributed by atoms with van der Waals surface area (Å²) in [4.78, 5) is 24.2. The lowest BCUT2D eigenvalue weighted by molar-refractivity contribution is -0.145. The van der Waals surface area contributed by atoms with E-state index in [1.807, 2.05) is 0 Å². The van der Waals surface area contributed by atoms with Crippen LogP contribution in [0.2, 0.25) is 0 Å². The molecule has 5 rings (SSSR count). The van der Waals surface area contributed by atoms with Crippen LogP contribution >= 0.6 is 0 Å². The molecule has 0 bridgehead atoms. The van der Waals surface area contributed by atoms with E-state index in [0.29, 0.717) is 16.9 Å². The number of hydrogen-bond donors (Lipinski definition) is 0. The predicted octanol–water partition coefficient (Wildman–Crippen LogP) is 10.2. The lowest BCUT2D eigenvalue weighted by Gasteiger charge is -2.58. The molecule has 0 aromatic heterocycles. The van der Waals surface area contributed by atoms with E-state index in [2.05, 4.69) is 47.6 Å². The van der Waals surface area contributed by atoms with Gasteiger partial charge in [-0.3, -0.25) is 4.79 Å². The summed E-state index contributed by atoms with van der Waals surface area (Å²) in [6.07, 6.45) is 19.5. The van der Waals surface area contributed by atoms with Crippen LogP contribution in [0.25, 0.3) is 6.08 Å². The lowest BCUT2D eigenvalue weighted by atomic mass is 9.47. The van der Waals surface area contributed by atoms with E-state index < -0.39 is 5.97 Å². The van der Waals surface area contributed by atoms with Crippen LogP contribution in [0.15, 0.2) is 35.9 Å². The number of carbonyl (C=O) groups excluding carboxylic acids is 2. The Morgan fingerprint density at radius 3 is 2.48 bits per heavy atom. The van der Waals surface area contributed by atoms with Gasteiger partial charge < -0.3 is 14.2 Å². The SMILES string of the molecule is CC[C@H](CC[C@@H](C)[C@H]1CC[C@H]2[C@@H]3CC=C4C[C@@H](OC(=O)/C=C/c5ccc(OC(C)=O)c(OC)c5)CC[C@]4(C)[C@H]3CC[C@]12C)C(C)C. The topological polar surface area (TPSA) is 61.8 Å². The summed E-state index contributed by atoms with van der Waals surface area (Å²) < 4.78 is 16.5. The predicted molar refractivity (Wildman–Crippen MR) is 185 cm³/mol. The number of rotatable bonds is 11. The number of methoxy groups -OCH3 is 1. The zero-order valence-electron chi connectivity index (χ0n) is 29.9. The number of allylic oxidation sites excluding steroid dienone is 1. The molecule has 5 nitrogen and oxygen atoms in total. The second-order valence-corrected chi connectivity index (χ2v) is 16.1. The van der Waals surface area contributed by atoms with Crippen molar-refractivity contribution in [2.45, 2.75) is 125 Å². The Morgan fingerprint density at radius 2 is 1.78 bits per heavy atom. The minimum atomic E-state index is -0.408. The molecule has 0 radical (unpaired) electrons. The molecule has 0 N–H and O–H groups in total. The molecule has 0 saturated heterocycles. The molecule has 3 saturated carbocycles. The van der Waals surface area contributed by atoms with E-state index >= 15 is 0 Å². The van der Waals surface area contributed by atoms with Crippen molar-refractivity contribution in [3.63, 3.8) is 0 Å². The highest BCUT2D eigenvalue weighted by Crippen LogP contribution is 2.67. The summed E-state index contributed by atoms with van der Waals surface area (Å²) in [6.45, 7) is 16.3. The Hall–Kier alpha value is -2.56. The van der Waals surface area contributed by atoms with Gasteiger partial charge in [-0.1, -0.05) is 72.1 Å². The van der Waals surface area contributed by atoms with E-state index in [0.717, 1.165) is 66.3 Å². The average molecular weight is 633 g/mol. The van der Waals surface area contributed by atoms with Crippen LogP contribution in [0, 0.1) is 52.3 Å². The third-order valence-corrected chi connectivity index (χ3v) is 13.4. The zero-order chi connectivity index (χ0) is 33.2. The van der Waals surface area contributed by atoms with Gasteiger partial charge in [-0.2, -0.15) is 0 Å². The van der Waals surface area contributed by atoms with Gasteiger partial charge in [0.25, 0.3) is 0 Å². The van der Waals surface area contributed by atoms with Crippen LogP contribution < -0.4 is 9.47 Å². The first-order valence-electron chi connectivity index (χ1n) is 18.3. The lowest BCUT2D eigenvalue weighted by Crippen LogP contribution is -2.51. The fourth-order valence-electron chi connectivity index (χ4n) is 10.8. The molecule has 0 heterocycles. The number of benzene rings is 1. The normalized spacial score (nSPS) is 33.4. The third kappa shape index (κ3) is 6.99. The molecular formula is C41H60O5. The van der Waals surface area contributed by atoms with Crippen molar-refractivity contribution in [1.29, 1.82) is 0 Å². The first-order chi connectivity index (χ1) is 21.9. The van der Waals surface area contributed by atoms with Crippen LogP contribution in [-0.2, 0) is 14.3 Å². The van der Waals surface area contributed by atoms with Gasteiger partial charge in [0, 0.05) is 19.4 Å². The van der Waals surface area contributed by atoms with Crippen LogP contribution in [-0.4, -0.2) is 25.2 Å². The average Bonchev–Trinajstić information content (AvgIpc) is 3.38. The maximum atomic E-state index is 12.9. The van der Waals surface area contributed by atoms with Crippen molar-refractivity contribution < 1.29 is 23.8 Å². The monoisotopic (exact) mass is 632 g/mol. The highest BCUT2D eigenvalue weighted by Gasteiger charge is 2.59. The summed E-state index contributed by atoms with van der Waals surface area (Å²) in [5.41, 5.74) is 3.04. The molecule has 0 spiro atoms. The molecule has 0 unspecified atom stereocenters. The minimum Gasteiger partial charge on any atom is -0.493 e. The summed E-state index contributed by atoms with van der Waals surface area (Å²) >= 11 is 0. The first-order valence-corrected chi connectivity index (χ1v) is 18.3. The van der Waals surface area contributed by atoms with Gasteiger partial charge in [0.15, 0.2) is 11.5 Å². The smallest absolute Gasteiger partial charge is 0.331 e. The molecule has 1 aromatic rings. The highest BCUT2D eigenvalue weighted by atomic mass is 16.6. The van der Waals surface area contributed by atoms with Gasteiger partial charge >= 0.3 is 11.9 Å². The number of hydrogen-bond acceptors (Lipinski definition) is 5. The Bertz CT molecular complexity index is 1310. The minimum absolute atomic E-state index is 0.0720. The summed E-state index contributed by atoms with van der Waals surface area (Å²) in [6, 6.07) is 5.21. The molecule has 4 aliphatic rings. The maximum Gasteiger partial charge on any atom is 0.331 e.